The predicted molar refractivity (Wildman–Crippen MR) is 101 cm³/mol. The van der Waals surface area contributed by atoms with E-state index in [1.54, 1.807) is 12.1 Å². The standard InChI is InChI=1S/C21H24N4O/c22-14-18-7-4-8-19(13-18)15-23-21(26)24-20-9-11-25(12-10-20)16-17-5-2-1-3-6-17/h1-8,13,20H,9-12,15-16H2,(H2,23,24,26). The van der Waals surface area contributed by atoms with Crippen molar-refractivity contribution in [3.05, 3.63) is 71.3 Å². The third-order valence-corrected chi connectivity index (χ3v) is 4.68. The number of carbonyl (C=O) groups excluding carboxylic acids is 1. The molecule has 0 atom stereocenters. The fourth-order valence-electron chi connectivity index (χ4n) is 3.25. The highest BCUT2D eigenvalue weighted by atomic mass is 16.2. The van der Waals surface area contributed by atoms with Gasteiger partial charge in [0.2, 0.25) is 0 Å². The number of rotatable bonds is 5. The van der Waals surface area contributed by atoms with Crippen LogP contribution in [0.3, 0.4) is 0 Å². The van der Waals surface area contributed by atoms with Crippen molar-refractivity contribution in [2.24, 2.45) is 0 Å². The van der Waals surface area contributed by atoms with Gasteiger partial charge < -0.3 is 10.6 Å². The van der Waals surface area contributed by atoms with Crippen LogP contribution in [-0.4, -0.2) is 30.1 Å². The SMILES string of the molecule is N#Cc1cccc(CNC(=O)NC2CCN(Cc3ccccc3)CC2)c1. The molecule has 0 radical (unpaired) electrons. The minimum atomic E-state index is -0.145. The van der Waals surface area contributed by atoms with Crippen LogP contribution in [-0.2, 0) is 13.1 Å². The molecule has 3 rings (SSSR count). The monoisotopic (exact) mass is 348 g/mol. The van der Waals surface area contributed by atoms with Gasteiger partial charge in [-0.05, 0) is 36.1 Å². The molecule has 1 aliphatic rings. The number of hydrogen-bond acceptors (Lipinski definition) is 3. The quantitative estimate of drug-likeness (QED) is 0.873. The van der Waals surface area contributed by atoms with Gasteiger partial charge >= 0.3 is 6.03 Å². The van der Waals surface area contributed by atoms with E-state index >= 15 is 0 Å². The Morgan fingerprint density at radius 2 is 1.81 bits per heavy atom. The van der Waals surface area contributed by atoms with Crippen LogP contribution in [0.25, 0.3) is 0 Å². The molecule has 0 bridgehead atoms. The topological polar surface area (TPSA) is 68.2 Å². The molecule has 5 nitrogen and oxygen atoms in total. The van der Waals surface area contributed by atoms with Crippen molar-refractivity contribution in [3.8, 4) is 6.07 Å². The number of benzene rings is 2. The highest BCUT2D eigenvalue weighted by Crippen LogP contribution is 2.13. The van der Waals surface area contributed by atoms with E-state index in [2.05, 4.69) is 45.9 Å². The Hall–Kier alpha value is -2.84. The van der Waals surface area contributed by atoms with Gasteiger partial charge in [0.1, 0.15) is 0 Å². The van der Waals surface area contributed by atoms with Gasteiger partial charge in [-0.15, -0.1) is 0 Å². The van der Waals surface area contributed by atoms with Crippen molar-refractivity contribution in [3.63, 3.8) is 0 Å². The van der Waals surface area contributed by atoms with E-state index in [9.17, 15) is 4.79 Å². The molecule has 2 aromatic carbocycles. The summed E-state index contributed by atoms with van der Waals surface area (Å²) in [5.74, 6) is 0. The molecule has 2 amide bonds. The molecule has 134 valence electrons. The molecule has 1 heterocycles. The van der Waals surface area contributed by atoms with E-state index in [-0.39, 0.29) is 12.1 Å². The Bertz CT molecular complexity index is 761. The summed E-state index contributed by atoms with van der Waals surface area (Å²) in [6.45, 7) is 3.37. The van der Waals surface area contributed by atoms with Crippen LogP contribution in [0.5, 0.6) is 0 Å². The molecule has 1 aliphatic heterocycles. The van der Waals surface area contributed by atoms with Crippen molar-refractivity contribution in [2.75, 3.05) is 13.1 Å². The van der Waals surface area contributed by atoms with Crippen LogP contribution >= 0.6 is 0 Å². The molecular weight excluding hydrogens is 324 g/mol. The van der Waals surface area contributed by atoms with Gasteiger partial charge in [0.05, 0.1) is 11.6 Å². The molecule has 2 N–H and O–H groups in total. The average Bonchev–Trinajstić information content (AvgIpc) is 2.69. The highest BCUT2D eigenvalue weighted by Gasteiger charge is 2.20. The van der Waals surface area contributed by atoms with E-state index < -0.39 is 0 Å². The van der Waals surface area contributed by atoms with Gasteiger partial charge in [0.25, 0.3) is 0 Å². The lowest BCUT2D eigenvalue weighted by Gasteiger charge is -2.32. The Morgan fingerprint density at radius 3 is 2.54 bits per heavy atom. The van der Waals surface area contributed by atoms with E-state index in [4.69, 9.17) is 5.26 Å². The third kappa shape index (κ3) is 5.33. The molecule has 5 heteroatoms. The lowest BCUT2D eigenvalue weighted by atomic mass is 10.0. The van der Waals surface area contributed by atoms with Gasteiger partial charge in [0.15, 0.2) is 0 Å². The summed E-state index contributed by atoms with van der Waals surface area (Å²) in [5.41, 5.74) is 2.86. The first kappa shape index (κ1) is 18.0. The van der Waals surface area contributed by atoms with E-state index in [1.807, 2.05) is 18.2 Å². The molecule has 0 saturated carbocycles. The fourth-order valence-corrected chi connectivity index (χ4v) is 3.25. The summed E-state index contributed by atoms with van der Waals surface area (Å²) in [4.78, 5) is 14.5. The van der Waals surface area contributed by atoms with Gasteiger partial charge in [-0.2, -0.15) is 5.26 Å². The van der Waals surface area contributed by atoms with Crippen LogP contribution in [0.2, 0.25) is 0 Å². The van der Waals surface area contributed by atoms with E-state index in [0.717, 1.165) is 38.0 Å². The third-order valence-electron chi connectivity index (χ3n) is 4.68. The number of nitrogens with zero attached hydrogens (tertiary/aromatic N) is 2. The Kier molecular flexibility index (Phi) is 6.24. The predicted octanol–water partition coefficient (Wildman–Crippen LogP) is 3.02. The molecule has 0 unspecified atom stereocenters. The largest absolute Gasteiger partial charge is 0.335 e. The second kappa shape index (κ2) is 9.02. The highest BCUT2D eigenvalue weighted by molar-refractivity contribution is 5.74. The first-order chi connectivity index (χ1) is 12.7. The van der Waals surface area contributed by atoms with Crippen LogP contribution in [0.1, 0.15) is 29.5 Å². The first-order valence-corrected chi connectivity index (χ1v) is 9.02. The maximum atomic E-state index is 12.1. The summed E-state index contributed by atoms with van der Waals surface area (Å²) in [5, 5.41) is 14.9. The minimum absolute atomic E-state index is 0.145. The zero-order valence-corrected chi connectivity index (χ0v) is 14.8. The molecular formula is C21H24N4O. The fraction of sp³-hybridized carbons (Fsp3) is 0.333. The van der Waals surface area contributed by atoms with Crippen molar-refractivity contribution < 1.29 is 4.79 Å². The first-order valence-electron chi connectivity index (χ1n) is 9.02. The number of nitriles is 1. The normalized spacial score (nSPS) is 15.2. The summed E-state index contributed by atoms with van der Waals surface area (Å²) < 4.78 is 0. The Balaban J connectivity index is 1.38. The van der Waals surface area contributed by atoms with Crippen molar-refractivity contribution >= 4 is 6.03 Å². The molecule has 0 spiro atoms. The number of carbonyl (C=O) groups is 1. The number of piperidine rings is 1. The summed E-state index contributed by atoms with van der Waals surface area (Å²) in [7, 11) is 0. The average molecular weight is 348 g/mol. The van der Waals surface area contributed by atoms with Gasteiger partial charge in [-0.25, -0.2) is 4.79 Å². The summed E-state index contributed by atoms with van der Waals surface area (Å²) in [6.07, 6.45) is 1.92. The maximum Gasteiger partial charge on any atom is 0.315 e. The Morgan fingerprint density at radius 1 is 1.08 bits per heavy atom. The number of urea groups is 1. The second-order valence-electron chi connectivity index (χ2n) is 6.68. The van der Waals surface area contributed by atoms with Crippen LogP contribution < -0.4 is 10.6 Å². The number of amides is 2. The number of nitrogens with one attached hydrogen (secondary N) is 2. The molecule has 26 heavy (non-hydrogen) atoms. The van der Waals surface area contributed by atoms with Gasteiger partial charge in [-0.3, -0.25) is 4.90 Å². The Labute approximate surface area is 154 Å². The number of likely N-dealkylation sites (tertiary alicyclic amines) is 1. The van der Waals surface area contributed by atoms with Crippen LogP contribution in [0, 0.1) is 11.3 Å². The van der Waals surface area contributed by atoms with Crippen LogP contribution in [0.15, 0.2) is 54.6 Å². The zero-order chi connectivity index (χ0) is 18.2. The zero-order valence-electron chi connectivity index (χ0n) is 14.8. The molecule has 1 saturated heterocycles. The van der Waals surface area contributed by atoms with Crippen molar-refractivity contribution in [1.29, 1.82) is 5.26 Å². The maximum absolute atomic E-state index is 12.1. The molecule has 2 aromatic rings. The van der Waals surface area contributed by atoms with Crippen LogP contribution in [0.4, 0.5) is 4.79 Å². The summed E-state index contributed by atoms with van der Waals surface area (Å²) in [6, 6.07) is 19.9. The number of hydrogen-bond donors (Lipinski definition) is 2. The minimum Gasteiger partial charge on any atom is -0.335 e. The van der Waals surface area contributed by atoms with E-state index in [0.29, 0.717) is 12.1 Å². The van der Waals surface area contributed by atoms with Gasteiger partial charge in [-0.1, -0.05) is 42.5 Å². The smallest absolute Gasteiger partial charge is 0.315 e. The lowest BCUT2D eigenvalue weighted by Crippen LogP contribution is -2.47. The summed E-state index contributed by atoms with van der Waals surface area (Å²) >= 11 is 0. The van der Waals surface area contributed by atoms with Crippen molar-refractivity contribution in [1.82, 2.24) is 15.5 Å². The van der Waals surface area contributed by atoms with E-state index in [1.165, 1.54) is 5.56 Å². The second-order valence-corrected chi connectivity index (χ2v) is 6.68. The molecule has 0 aliphatic carbocycles. The van der Waals surface area contributed by atoms with Crippen molar-refractivity contribution in [2.45, 2.75) is 32.0 Å². The molecule has 1 fully saturated rings. The lowest BCUT2D eigenvalue weighted by molar-refractivity contribution is 0.186. The molecule has 0 aromatic heterocycles. The van der Waals surface area contributed by atoms with Gasteiger partial charge in [0, 0.05) is 32.2 Å².